The van der Waals surface area contributed by atoms with Crippen molar-refractivity contribution in [2.24, 2.45) is 0 Å². The monoisotopic (exact) mass is 220 g/mol. The van der Waals surface area contributed by atoms with Crippen LogP contribution in [0.4, 0.5) is 0 Å². The van der Waals surface area contributed by atoms with E-state index in [1.54, 1.807) is 6.08 Å². The Bertz CT molecular complexity index is 168. The van der Waals surface area contributed by atoms with E-state index in [4.69, 9.17) is 11.6 Å². The molecule has 56 valence electrons. The molecule has 10 heavy (non-hydrogen) atoms. The summed E-state index contributed by atoms with van der Waals surface area (Å²) in [4.78, 5) is 0. The lowest BCUT2D eigenvalue weighted by Crippen LogP contribution is -1.72. The maximum atomic E-state index is 5.65. The van der Waals surface area contributed by atoms with Gasteiger partial charge < -0.3 is 0 Å². The number of allylic oxidation sites excluding steroid dienone is 5. The fraction of sp³-hybridized carbons (Fsp3) is 0.250. The van der Waals surface area contributed by atoms with Crippen molar-refractivity contribution in [1.29, 1.82) is 0 Å². The van der Waals surface area contributed by atoms with Crippen molar-refractivity contribution in [3.63, 3.8) is 0 Å². The van der Waals surface area contributed by atoms with E-state index in [0.29, 0.717) is 5.03 Å². The summed E-state index contributed by atoms with van der Waals surface area (Å²) in [5, 5.41) is 1.55. The van der Waals surface area contributed by atoms with Crippen LogP contribution in [0, 0.1) is 0 Å². The summed E-state index contributed by atoms with van der Waals surface area (Å²) in [7, 11) is 0. The summed E-state index contributed by atoms with van der Waals surface area (Å²) in [6.45, 7) is 5.55. The topological polar surface area (TPSA) is 0 Å². The van der Waals surface area contributed by atoms with Gasteiger partial charge in [-0.2, -0.15) is 0 Å². The molecule has 0 fully saturated rings. The van der Waals surface area contributed by atoms with E-state index in [1.165, 1.54) is 5.57 Å². The van der Waals surface area contributed by atoms with Gasteiger partial charge in [0, 0.05) is 10.4 Å². The van der Waals surface area contributed by atoms with Crippen LogP contribution < -0.4 is 0 Å². The standard InChI is InChI=1S/C8H10BrCl/c1-3-8(10)5-4-7(2)6-9/h3-5H,1,6H2,2H3/b7-4+,8-5+. The van der Waals surface area contributed by atoms with Crippen LogP contribution in [0.25, 0.3) is 0 Å². The first-order valence-corrected chi connectivity index (χ1v) is 4.42. The first kappa shape index (κ1) is 9.99. The molecule has 0 heterocycles. The van der Waals surface area contributed by atoms with Gasteiger partial charge in [0.05, 0.1) is 0 Å². The highest BCUT2D eigenvalue weighted by Crippen LogP contribution is 2.04. The SMILES string of the molecule is C=C/C(Cl)=C\C=C(/C)CBr. The Kier molecular flexibility index (Phi) is 5.74. The second-order valence-corrected chi connectivity index (χ2v) is 2.90. The van der Waals surface area contributed by atoms with E-state index in [9.17, 15) is 0 Å². The predicted octanol–water partition coefficient (Wildman–Crippen LogP) is 3.64. The molecule has 0 aliphatic carbocycles. The van der Waals surface area contributed by atoms with E-state index in [1.807, 2.05) is 19.1 Å². The van der Waals surface area contributed by atoms with Gasteiger partial charge >= 0.3 is 0 Å². The van der Waals surface area contributed by atoms with Crippen molar-refractivity contribution in [3.8, 4) is 0 Å². The summed E-state index contributed by atoms with van der Waals surface area (Å²) < 4.78 is 0. The minimum atomic E-state index is 0.667. The summed E-state index contributed by atoms with van der Waals surface area (Å²) >= 11 is 8.97. The number of rotatable bonds is 3. The third kappa shape index (κ3) is 4.83. The van der Waals surface area contributed by atoms with Crippen LogP contribution in [0.1, 0.15) is 6.92 Å². The first-order chi connectivity index (χ1) is 4.70. The lowest BCUT2D eigenvalue weighted by atomic mass is 10.3. The van der Waals surface area contributed by atoms with Gasteiger partial charge in [-0.1, -0.05) is 51.8 Å². The van der Waals surface area contributed by atoms with Gasteiger partial charge in [0.1, 0.15) is 0 Å². The van der Waals surface area contributed by atoms with Crippen molar-refractivity contribution < 1.29 is 0 Å². The van der Waals surface area contributed by atoms with Crippen LogP contribution in [0.2, 0.25) is 0 Å². The highest BCUT2D eigenvalue weighted by molar-refractivity contribution is 9.09. The molecular weight excluding hydrogens is 211 g/mol. The van der Waals surface area contributed by atoms with Crippen LogP contribution in [0.15, 0.2) is 35.4 Å². The fourth-order valence-corrected chi connectivity index (χ4v) is 0.584. The van der Waals surface area contributed by atoms with Crippen molar-refractivity contribution in [2.45, 2.75) is 6.92 Å². The number of halogens is 2. The molecule has 0 nitrogen and oxygen atoms in total. The van der Waals surface area contributed by atoms with Crippen molar-refractivity contribution in [2.75, 3.05) is 5.33 Å². The lowest BCUT2D eigenvalue weighted by Gasteiger charge is -1.88. The molecule has 0 saturated carbocycles. The summed E-state index contributed by atoms with van der Waals surface area (Å²) in [5.41, 5.74) is 1.24. The van der Waals surface area contributed by atoms with E-state index in [2.05, 4.69) is 22.5 Å². The zero-order chi connectivity index (χ0) is 7.98. The van der Waals surface area contributed by atoms with Crippen LogP contribution in [0.5, 0.6) is 0 Å². The molecule has 0 atom stereocenters. The van der Waals surface area contributed by atoms with Crippen LogP contribution in [-0.2, 0) is 0 Å². The van der Waals surface area contributed by atoms with Crippen molar-refractivity contribution in [3.05, 3.63) is 35.4 Å². The predicted molar refractivity (Wildman–Crippen MR) is 51.7 cm³/mol. The quantitative estimate of drug-likeness (QED) is 0.504. The lowest BCUT2D eigenvalue weighted by molar-refractivity contribution is 1.42. The van der Waals surface area contributed by atoms with E-state index >= 15 is 0 Å². The Labute approximate surface area is 75.4 Å². The molecule has 0 saturated heterocycles. The maximum Gasteiger partial charge on any atom is 0.0400 e. The summed E-state index contributed by atoms with van der Waals surface area (Å²) in [5.74, 6) is 0. The summed E-state index contributed by atoms with van der Waals surface area (Å²) in [6, 6.07) is 0. The number of alkyl halides is 1. The Morgan fingerprint density at radius 3 is 2.60 bits per heavy atom. The van der Waals surface area contributed by atoms with Crippen LogP contribution in [-0.4, -0.2) is 5.33 Å². The molecular formula is C8H10BrCl. The van der Waals surface area contributed by atoms with Gasteiger partial charge in [-0.25, -0.2) is 0 Å². The van der Waals surface area contributed by atoms with Gasteiger partial charge in [0.25, 0.3) is 0 Å². The zero-order valence-corrected chi connectivity index (χ0v) is 8.24. The molecule has 0 unspecified atom stereocenters. The molecule has 0 bridgehead atoms. The maximum absolute atomic E-state index is 5.65. The zero-order valence-electron chi connectivity index (χ0n) is 5.90. The first-order valence-electron chi connectivity index (χ1n) is 2.92. The van der Waals surface area contributed by atoms with E-state index < -0.39 is 0 Å². The largest absolute Gasteiger partial charge is 0.0976 e. The minimum absolute atomic E-state index is 0.667. The Hall–Kier alpha value is -0.0100. The molecule has 0 radical (unpaired) electrons. The second-order valence-electron chi connectivity index (χ2n) is 1.90. The van der Waals surface area contributed by atoms with Gasteiger partial charge in [-0.15, -0.1) is 0 Å². The highest BCUT2D eigenvalue weighted by Gasteiger charge is 1.82. The average molecular weight is 222 g/mol. The number of hydrogen-bond donors (Lipinski definition) is 0. The van der Waals surface area contributed by atoms with E-state index in [-0.39, 0.29) is 0 Å². The fourth-order valence-electron chi connectivity index (χ4n) is 0.334. The van der Waals surface area contributed by atoms with Crippen LogP contribution in [0.3, 0.4) is 0 Å². The van der Waals surface area contributed by atoms with Crippen molar-refractivity contribution >= 4 is 27.5 Å². The minimum Gasteiger partial charge on any atom is -0.0976 e. The van der Waals surface area contributed by atoms with Crippen molar-refractivity contribution in [1.82, 2.24) is 0 Å². The normalized spacial score (nSPS) is 13.5. The molecule has 0 aromatic carbocycles. The highest BCUT2D eigenvalue weighted by atomic mass is 79.9. The third-order valence-corrected chi connectivity index (χ3v) is 2.10. The van der Waals surface area contributed by atoms with Gasteiger partial charge in [-0.05, 0) is 13.0 Å². The smallest absolute Gasteiger partial charge is 0.0400 e. The summed E-state index contributed by atoms with van der Waals surface area (Å²) in [6.07, 6.45) is 5.39. The molecule has 0 amide bonds. The molecule has 0 N–H and O–H groups in total. The third-order valence-electron chi connectivity index (χ3n) is 0.933. The Balaban J connectivity index is 4.03. The molecule has 2 heteroatoms. The van der Waals surface area contributed by atoms with Gasteiger partial charge in [-0.3, -0.25) is 0 Å². The molecule has 0 aromatic rings. The molecule has 0 aliphatic heterocycles. The molecule has 0 aromatic heterocycles. The Morgan fingerprint density at radius 2 is 2.20 bits per heavy atom. The second kappa shape index (κ2) is 5.75. The van der Waals surface area contributed by atoms with E-state index in [0.717, 1.165) is 5.33 Å². The van der Waals surface area contributed by atoms with Gasteiger partial charge in [0.2, 0.25) is 0 Å². The average Bonchev–Trinajstić information content (AvgIpc) is 1.99. The molecule has 0 aliphatic rings. The molecule has 0 spiro atoms. The Morgan fingerprint density at radius 1 is 1.60 bits per heavy atom. The van der Waals surface area contributed by atoms with Gasteiger partial charge in [0.15, 0.2) is 0 Å². The van der Waals surface area contributed by atoms with Crippen LogP contribution >= 0.6 is 27.5 Å². The number of hydrogen-bond acceptors (Lipinski definition) is 0. The molecule has 0 rings (SSSR count).